The molecule has 0 aliphatic carbocycles. The average molecular weight is 401 g/mol. The summed E-state index contributed by atoms with van der Waals surface area (Å²) in [7, 11) is -3.56. The molecule has 148 valence electrons. The predicted octanol–water partition coefficient (Wildman–Crippen LogP) is 1.89. The van der Waals surface area contributed by atoms with Crippen LogP contribution in [0.4, 0.5) is 11.5 Å². The summed E-state index contributed by atoms with van der Waals surface area (Å²) in [5.41, 5.74) is 1.73. The Morgan fingerprint density at radius 2 is 1.86 bits per heavy atom. The van der Waals surface area contributed by atoms with Gasteiger partial charge in [-0.15, -0.1) is 0 Å². The van der Waals surface area contributed by atoms with E-state index >= 15 is 0 Å². The Hall–Kier alpha value is -2.45. The highest BCUT2D eigenvalue weighted by Gasteiger charge is 2.33. The van der Waals surface area contributed by atoms with Gasteiger partial charge in [-0.2, -0.15) is 4.31 Å². The van der Waals surface area contributed by atoms with E-state index in [0.29, 0.717) is 37.5 Å². The molecule has 1 saturated heterocycles. The predicted molar refractivity (Wildman–Crippen MR) is 108 cm³/mol. The van der Waals surface area contributed by atoms with E-state index in [1.54, 1.807) is 29.3 Å². The second kappa shape index (κ2) is 7.18. The molecule has 8 heteroatoms. The first-order valence-corrected chi connectivity index (χ1v) is 10.9. The first-order chi connectivity index (χ1) is 13.4. The van der Waals surface area contributed by atoms with Crippen molar-refractivity contribution in [2.75, 3.05) is 36.0 Å². The molecule has 2 aliphatic heterocycles. The van der Waals surface area contributed by atoms with Gasteiger partial charge in [-0.1, -0.05) is 6.07 Å². The number of anilines is 2. The highest BCUT2D eigenvalue weighted by Crippen LogP contribution is 2.34. The molecule has 7 nitrogen and oxygen atoms in total. The van der Waals surface area contributed by atoms with Crippen molar-refractivity contribution in [1.82, 2.24) is 9.29 Å². The molecule has 0 bridgehead atoms. The van der Waals surface area contributed by atoms with E-state index in [-0.39, 0.29) is 11.9 Å². The topological polar surface area (TPSA) is 73.8 Å². The largest absolute Gasteiger partial charge is 0.354 e. The van der Waals surface area contributed by atoms with Gasteiger partial charge in [0, 0.05) is 51.0 Å². The highest BCUT2D eigenvalue weighted by atomic mass is 32.2. The van der Waals surface area contributed by atoms with Gasteiger partial charge in [-0.05, 0) is 49.2 Å². The third-order valence-corrected chi connectivity index (χ3v) is 7.35. The molecule has 0 N–H and O–H groups in total. The molecule has 2 aromatic rings. The van der Waals surface area contributed by atoms with E-state index in [4.69, 9.17) is 0 Å². The Balaban J connectivity index is 1.52. The van der Waals surface area contributed by atoms with Gasteiger partial charge >= 0.3 is 0 Å². The number of pyridine rings is 1. The van der Waals surface area contributed by atoms with Crippen LogP contribution in [0.5, 0.6) is 0 Å². The molecule has 0 unspecified atom stereocenters. The average Bonchev–Trinajstić information content (AvgIpc) is 3.04. The van der Waals surface area contributed by atoms with E-state index in [0.717, 1.165) is 17.1 Å². The van der Waals surface area contributed by atoms with Crippen molar-refractivity contribution in [1.29, 1.82) is 0 Å². The van der Waals surface area contributed by atoms with Crippen LogP contribution in [0.15, 0.2) is 47.5 Å². The van der Waals surface area contributed by atoms with Crippen LogP contribution in [0.3, 0.4) is 0 Å². The molecule has 0 spiro atoms. The number of carbonyl (C=O) groups excluding carboxylic acids is 1. The van der Waals surface area contributed by atoms with Crippen LogP contribution in [0.2, 0.25) is 0 Å². The molecule has 28 heavy (non-hydrogen) atoms. The lowest BCUT2D eigenvalue weighted by Gasteiger charge is -2.34. The van der Waals surface area contributed by atoms with Crippen molar-refractivity contribution in [2.45, 2.75) is 31.2 Å². The number of rotatable bonds is 3. The van der Waals surface area contributed by atoms with E-state index in [2.05, 4.69) is 9.88 Å². The monoisotopic (exact) mass is 400 g/mol. The fraction of sp³-hybridized carbons (Fsp3) is 0.400. The van der Waals surface area contributed by atoms with Gasteiger partial charge in [-0.3, -0.25) is 4.79 Å². The fourth-order valence-corrected chi connectivity index (χ4v) is 5.57. The molecular weight excluding hydrogens is 376 g/mol. The summed E-state index contributed by atoms with van der Waals surface area (Å²) in [6.45, 7) is 5.58. The SMILES string of the molecule is CC(=O)N1c2ccc(S(=O)(=O)N3CCN(c4ccccn4)CC3)cc2C[C@@H]1C. The molecule has 2 aliphatic rings. The second-order valence-corrected chi connectivity index (χ2v) is 9.25. The van der Waals surface area contributed by atoms with Gasteiger partial charge in [0.25, 0.3) is 0 Å². The van der Waals surface area contributed by atoms with Crippen LogP contribution in [0.1, 0.15) is 19.4 Å². The van der Waals surface area contributed by atoms with Gasteiger partial charge in [0.2, 0.25) is 15.9 Å². The highest BCUT2D eigenvalue weighted by molar-refractivity contribution is 7.89. The molecule has 4 rings (SSSR count). The van der Waals surface area contributed by atoms with E-state index in [1.807, 2.05) is 25.1 Å². The summed E-state index contributed by atoms with van der Waals surface area (Å²) in [4.78, 5) is 20.4. The van der Waals surface area contributed by atoms with Crippen LogP contribution in [-0.2, 0) is 21.2 Å². The molecule has 1 amide bonds. The second-order valence-electron chi connectivity index (χ2n) is 7.31. The van der Waals surface area contributed by atoms with Crippen LogP contribution in [0.25, 0.3) is 0 Å². The van der Waals surface area contributed by atoms with Gasteiger partial charge in [-0.25, -0.2) is 13.4 Å². The number of amides is 1. The zero-order valence-electron chi connectivity index (χ0n) is 16.1. The van der Waals surface area contributed by atoms with Crippen molar-refractivity contribution in [2.24, 2.45) is 0 Å². The number of carbonyl (C=O) groups is 1. The minimum atomic E-state index is -3.56. The third kappa shape index (κ3) is 3.27. The Bertz CT molecular complexity index is 986. The molecule has 0 radical (unpaired) electrons. The molecule has 1 aromatic carbocycles. The Labute approximate surface area is 165 Å². The zero-order chi connectivity index (χ0) is 19.9. The third-order valence-electron chi connectivity index (χ3n) is 5.46. The van der Waals surface area contributed by atoms with Crippen molar-refractivity contribution in [3.05, 3.63) is 48.2 Å². The fourth-order valence-electron chi connectivity index (χ4n) is 4.10. The summed E-state index contributed by atoms with van der Waals surface area (Å²) < 4.78 is 27.8. The summed E-state index contributed by atoms with van der Waals surface area (Å²) in [6.07, 6.45) is 2.42. The molecule has 1 fully saturated rings. The molecule has 3 heterocycles. The number of fused-ring (bicyclic) bond motifs is 1. The van der Waals surface area contributed by atoms with Crippen LogP contribution in [0, 0.1) is 0 Å². The van der Waals surface area contributed by atoms with E-state index in [1.165, 1.54) is 11.2 Å². The number of benzene rings is 1. The zero-order valence-corrected chi connectivity index (χ0v) is 16.9. The summed E-state index contributed by atoms with van der Waals surface area (Å²) in [5.74, 6) is 0.850. The lowest BCUT2D eigenvalue weighted by atomic mass is 10.1. The first-order valence-electron chi connectivity index (χ1n) is 9.47. The van der Waals surface area contributed by atoms with Gasteiger partial charge in [0.1, 0.15) is 5.82 Å². The number of aromatic nitrogens is 1. The summed E-state index contributed by atoms with van der Waals surface area (Å²) in [5, 5.41) is 0. The standard InChI is InChI=1S/C20H24N4O3S/c1-15-13-17-14-18(6-7-19(17)24(15)16(2)25)28(26,27)23-11-9-22(10-12-23)20-5-3-4-8-21-20/h3-8,14-15H,9-13H2,1-2H3/t15-/m0/s1. The van der Waals surface area contributed by atoms with Crippen molar-refractivity contribution in [3.63, 3.8) is 0 Å². The minimum Gasteiger partial charge on any atom is -0.354 e. The maximum absolute atomic E-state index is 13.1. The smallest absolute Gasteiger partial charge is 0.243 e. The molecule has 0 saturated carbocycles. The normalized spacial score (nSPS) is 20.3. The number of hydrogen-bond donors (Lipinski definition) is 0. The lowest BCUT2D eigenvalue weighted by molar-refractivity contribution is -0.116. The van der Waals surface area contributed by atoms with Gasteiger partial charge < -0.3 is 9.80 Å². The van der Waals surface area contributed by atoms with Crippen LogP contribution < -0.4 is 9.80 Å². The van der Waals surface area contributed by atoms with Crippen molar-refractivity contribution in [3.8, 4) is 0 Å². The molecule has 1 atom stereocenters. The lowest BCUT2D eigenvalue weighted by Crippen LogP contribution is -2.48. The number of nitrogens with zero attached hydrogens (tertiary/aromatic N) is 4. The molecule has 1 aromatic heterocycles. The number of piperazine rings is 1. The van der Waals surface area contributed by atoms with Crippen molar-refractivity contribution < 1.29 is 13.2 Å². The Morgan fingerprint density at radius 1 is 1.11 bits per heavy atom. The van der Waals surface area contributed by atoms with Crippen molar-refractivity contribution >= 4 is 27.4 Å². The molecular formula is C20H24N4O3S. The maximum Gasteiger partial charge on any atom is 0.243 e. The van der Waals surface area contributed by atoms with Crippen LogP contribution >= 0.6 is 0 Å². The minimum absolute atomic E-state index is 0.0208. The Morgan fingerprint density at radius 3 is 2.50 bits per heavy atom. The van der Waals surface area contributed by atoms with E-state index in [9.17, 15) is 13.2 Å². The first kappa shape index (κ1) is 18.9. The summed E-state index contributed by atoms with van der Waals surface area (Å²) in [6, 6.07) is 10.9. The summed E-state index contributed by atoms with van der Waals surface area (Å²) >= 11 is 0. The van der Waals surface area contributed by atoms with Gasteiger partial charge in [0.15, 0.2) is 0 Å². The maximum atomic E-state index is 13.1. The van der Waals surface area contributed by atoms with E-state index < -0.39 is 10.0 Å². The Kier molecular flexibility index (Phi) is 4.84. The van der Waals surface area contributed by atoms with Gasteiger partial charge in [0.05, 0.1) is 4.90 Å². The number of sulfonamides is 1. The number of hydrogen-bond acceptors (Lipinski definition) is 5. The van der Waals surface area contributed by atoms with Crippen LogP contribution in [-0.4, -0.2) is 55.8 Å². The quantitative estimate of drug-likeness (QED) is 0.787.